The number of halogens is 2. The fourth-order valence-electron chi connectivity index (χ4n) is 2.98. The minimum Gasteiger partial charge on any atom is -0.354 e. The zero-order valence-corrected chi connectivity index (χ0v) is 15.3. The number of rotatable bonds is 7. The van der Waals surface area contributed by atoms with Crippen molar-refractivity contribution >= 4 is 24.2 Å². The third-order valence-corrected chi connectivity index (χ3v) is 4.49. The summed E-state index contributed by atoms with van der Waals surface area (Å²) in [5, 5.41) is 8.91. The second-order valence-corrected chi connectivity index (χ2v) is 6.40. The molecule has 0 radical (unpaired) electrons. The Bertz CT molecular complexity index is 548. The number of amides is 2. The van der Waals surface area contributed by atoms with E-state index in [9.17, 15) is 14.0 Å². The largest absolute Gasteiger partial charge is 0.354 e. The lowest BCUT2D eigenvalue weighted by Crippen LogP contribution is -2.37. The molecule has 2 unspecified atom stereocenters. The second-order valence-electron chi connectivity index (χ2n) is 6.40. The van der Waals surface area contributed by atoms with E-state index in [0.29, 0.717) is 36.9 Å². The zero-order chi connectivity index (χ0) is 17.4. The molecule has 0 aromatic heterocycles. The highest BCUT2D eigenvalue weighted by atomic mass is 35.5. The van der Waals surface area contributed by atoms with Crippen molar-refractivity contribution in [1.29, 1.82) is 0 Å². The molecule has 1 aliphatic heterocycles. The van der Waals surface area contributed by atoms with Crippen molar-refractivity contribution in [3.8, 4) is 0 Å². The van der Waals surface area contributed by atoms with Crippen molar-refractivity contribution in [3.05, 3.63) is 35.6 Å². The van der Waals surface area contributed by atoms with Crippen LogP contribution < -0.4 is 16.0 Å². The lowest BCUT2D eigenvalue weighted by atomic mass is 9.85. The molecule has 2 atom stereocenters. The fourth-order valence-corrected chi connectivity index (χ4v) is 2.98. The van der Waals surface area contributed by atoms with Gasteiger partial charge in [0, 0.05) is 25.1 Å². The van der Waals surface area contributed by atoms with Crippen LogP contribution in [0.5, 0.6) is 0 Å². The minimum atomic E-state index is -0.374. The van der Waals surface area contributed by atoms with Gasteiger partial charge in [0.05, 0.1) is 0 Å². The van der Waals surface area contributed by atoms with Crippen LogP contribution in [0.4, 0.5) is 4.39 Å². The molecule has 5 nitrogen and oxygen atoms in total. The van der Waals surface area contributed by atoms with Crippen molar-refractivity contribution in [2.24, 2.45) is 11.8 Å². The summed E-state index contributed by atoms with van der Waals surface area (Å²) in [6, 6.07) is 5.36. The topological polar surface area (TPSA) is 70.2 Å². The fraction of sp³-hybridized carbons (Fsp3) is 0.556. The van der Waals surface area contributed by atoms with Crippen molar-refractivity contribution < 1.29 is 14.0 Å². The van der Waals surface area contributed by atoms with E-state index in [2.05, 4.69) is 22.9 Å². The van der Waals surface area contributed by atoms with Gasteiger partial charge in [-0.05, 0) is 62.0 Å². The van der Waals surface area contributed by atoms with Gasteiger partial charge in [-0.15, -0.1) is 12.4 Å². The monoisotopic (exact) mass is 371 g/mol. The van der Waals surface area contributed by atoms with Crippen LogP contribution in [0.3, 0.4) is 0 Å². The molecule has 25 heavy (non-hydrogen) atoms. The third kappa shape index (κ3) is 7.40. The molecule has 0 saturated carbocycles. The lowest BCUT2D eigenvalue weighted by molar-refractivity contribution is -0.122. The predicted molar refractivity (Wildman–Crippen MR) is 98.4 cm³/mol. The van der Waals surface area contributed by atoms with E-state index in [0.717, 1.165) is 13.1 Å². The Balaban J connectivity index is 0.00000312. The summed E-state index contributed by atoms with van der Waals surface area (Å²) < 4.78 is 12.8. The Morgan fingerprint density at radius 1 is 1.24 bits per heavy atom. The molecular formula is C18H27ClFN3O2. The number of hydrogen-bond donors (Lipinski definition) is 3. The van der Waals surface area contributed by atoms with E-state index < -0.39 is 0 Å². The van der Waals surface area contributed by atoms with Crippen LogP contribution in [-0.2, 0) is 4.79 Å². The Kier molecular flexibility index (Phi) is 9.45. The molecule has 2 rings (SSSR count). The van der Waals surface area contributed by atoms with Crippen molar-refractivity contribution in [1.82, 2.24) is 16.0 Å². The summed E-state index contributed by atoms with van der Waals surface area (Å²) in [6.07, 6.45) is 2.86. The van der Waals surface area contributed by atoms with E-state index in [4.69, 9.17) is 0 Å². The molecule has 0 spiro atoms. The van der Waals surface area contributed by atoms with E-state index >= 15 is 0 Å². The van der Waals surface area contributed by atoms with Crippen LogP contribution in [-0.4, -0.2) is 38.0 Å². The van der Waals surface area contributed by atoms with E-state index in [-0.39, 0.29) is 30.0 Å². The van der Waals surface area contributed by atoms with Gasteiger partial charge in [-0.2, -0.15) is 0 Å². The lowest BCUT2D eigenvalue weighted by Gasteiger charge is -2.28. The van der Waals surface area contributed by atoms with Gasteiger partial charge in [-0.25, -0.2) is 4.39 Å². The number of carbonyl (C=O) groups excluding carboxylic acids is 2. The summed E-state index contributed by atoms with van der Waals surface area (Å²) >= 11 is 0. The molecule has 1 aromatic rings. The van der Waals surface area contributed by atoms with Gasteiger partial charge in [0.2, 0.25) is 5.91 Å². The van der Waals surface area contributed by atoms with E-state index in [1.165, 1.54) is 37.1 Å². The molecule has 0 aliphatic carbocycles. The van der Waals surface area contributed by atoms with Crippen LogP contribution in [0.15, 0.2) is 24.3 Å². The Morgan fingerprint density at radius 2 is 1.92 bits per heavy atom. The van der Waals surface area contributed by atoms with Gasteiger partial charge in [0.15, 0.2) is 0 Å². The van der Waals surface area contributed by atoms with Crippen molar-refractivity contribution in [3.63, 3.8) is 0 Å². The van der Waals surface area contributed by atoms with E-state index in [1.807, 2.05) is 0 Å². The van der Waals surface area contributed by atoms with Crippen LogP contribution >= 0.6 is 12.4 Å². The molecule has 2 amide bonds. The summed E-state index contributed by atoms with van der Waals surface area (Å²) in [6.45, 7) is 4.92. The number of hydrogen-bond acceptors (Lipinski definition) is 3. The number of carbonyl (C=O) groups is 2. The van der Waals surface area contributed by atoms with Gasteiger partial charge in [0.1, 0.15) is 5.82 Å². The van der Waals surface area contributed by atoms with Crippen molar-refractivity contribution in [2.45, 2.75) is 26.2 Å². The smallest absolute Gasteiger partial charge is 0.251 e. The summed E-state index contributed by atoms with van der Waals surface area (Å²) in [5.41, 5.74) is 0.404. The number of piperidine rings is 1. The van der Waals surface area contributed by atoms with Gasteiger partial charge >= 0.3 is 0 Å². The molecule has 1 heterocycles. The highest BCUT2D eigenvalue weighted by Gasteiger charge is 2.21. The summed E-state index contributed by atoms with van der Waals surface area (Å²) in [4.78, 5) is 23.8. The molecular weight excluding hydrogens is 345 g/mol. The molecule has 140 valence electrons. The molecule has 1 saturated heterocycles. The Labute approximate surface area is 154 Å². The first-order valence-corrected chi connectivity index (χ1v) is 8.57. The standard InChI is InChI=1S/C18H26FN3O2.ClH/c1-13(15-3-2-8-20-12-15)11-17(23)21-9-10-22-18(24)14-4-6-16(19)7-5-14;/h4-7,13,15,20H,2-3,8-12H2,1H3,(H,21,23)(H,22,24);1H. The van der Waals surface area contributed by atoms with Gasteiger partial charge in [-0.3, -0.25) is 9.59 Å². The third-order valence-electron chi connectivity index (χ3n) is 4.49. The Hall–Kier alpha value is -1.66. The minimum absolute atomic E-state index is 0. The second kappa shape index (κ2) is 11.1. The SMILES string of the molecule is CC(CC(=O)NCCNC(=O)c1ccc(F)cc1)C1CCCNC1.Cl. The molecule has 1 aliphatic rings. The van der Waals surface area contributed by atoms with Crippen molar-refractivity contribution in [2.75, 3.05) is 26.2 Å². The molecule has 7 heteroatoms. The maximum atomic E-state index is 12.8. The number of nitrogens with one attached hydrogen (secondary N) is 3. The van der Waals surface area contributed by atoms with Gasteiger partial charge in [0.25, 0.3) is 5.91 Å². The van der Waals surface area contributed by atoms with Crippen LogP contribution in [0.2, 0.25) is 0 Å². The molecule has 3 N–H and O–H groups in total. The van der Waals surface area contributed by atoms with E-state index in [1.54, 1.807) is 0 Å². The first kappa shape index (κ1) is 21.4. The number of benzene rings is 1. The summed E-state index contributed by atoms with van der Waals surface area (Å²) in [7, 11) is 0. The maximum Gasteiger partial charge on any atom is 0.251 e. The highest BCUT2D eigenvalue weighted by Crippen LogP contribution is 2.22. The highest BCUT2D eigenvalue weighted by molar-refractivity contribution is 5.94. The average molecular weight is 372 g/mol. The van der Waals surface area contributed by atoms with Crippen LogP contribution in [0, 0.1) is 17.7 Å². The molecule has 1 fully saturated rings. The molecule has 1 aromatic carbocycles. The van der Waals surface area contributed by atoms with Gasteiger partial charge < -0.3 is 16.0 Å². The van der Waals surface area contributed by atoms with Gasteiger partial charge in [-0.1, -0.05) is 6.92 Å². The van der Waals surface area contributed by atoms with Crippen LogP contribution in [0.25, 0.3) is 0 Å². The first-order valence-electron chi connectivity index (χ1n) is 8.57. The van der Waals surface area contributed by atoms with Crippen LogP contribution in [0.1, 0.15) is 36.5 Å². The maximum absolute atomic E-state index is 12.8. The normalized spacial score (nSPS) is 17.9. The molecule has 0 bridgehead atoms. The quantitative estimate of drug-likeness (QED) is 0.643. The predicted octanol–water partition coefficient (Wildman–Crippen LogP) is 2.12. The zero-order valence-electron chi connectivity index (χ0n) is 14.5. The first-order chi connectivity index (χ1) is 11.6. The summed E-state index contributed by atoms with van der Waals surface area (Å²) in [5.74, 6) is 0.283. The Morgan fingerprint density at radius 3 is 2.56 bits per heavy atom. The average Bonchev–Trinajstić information content (AvgIpc) is 2.60.